The summed E-state index contributed by atoms with van der Waals surface area (Å²) >= 11 is 5.60. The Labute approximate surface area is 96.7 Å². The molecule has 16 heavy (non-hydrogen) atoms. The topological polar surface area (TPSA) is 85.2 Å². The molecule has 2 N–H and O–H groups in total. The Morgan fingerprint density at radius 2 is 2.25 bits per heavy atom. The smallest absolute Gasteiger partial charge is 0.426 e. The number of ether oxygens (including phenoxy) is 1. The maximum absolute atomic E-state index is 11.5. The van der Waals surface area contributed by atoms with Gasteiger partial charge in [0.1, 0.15) is 5.69 Å². The monoisotopic (exact) mass is 246 g/mol. The van der Waals surface area contributed by atoms with Crippen LogP contribution in [0.5, 0.6) is 0 Å². The number of rotatable bonds is 2. The first-order valence-corrected chi connectivity index (χ1v) is 4.85. The second kappa shape index (κ2) is 5.36. The third kappa shape index (κ3) is 3.13. The van der Waals surface area contributed by atoms with E-state index in [4.69, 9.17) is 11.6 Å². The fourth-order valence-electron chi connectivity index (χ4n) is 0.984. The lowest BCUT2D eigenvalue weighted by atomic mass is 10.4. The van der Waals surface area contributed by atoms with Crippen molar-refractivity contribution in [1.29, 1.82) is 0 Å². The predicted octanol–water partition coefficient (Wildman–Crippen LogP) is 0.464. The molecule has 0 saturated heterocycles. The molecule has 1 aromatic rings. The summed E-state index contributed by atoms with van der Waals surface area (Å²) in [5.74, 6) is -0.532. The number of carbonyl (C=O) groups is 2. The Bertz CT molecular complexity index is 404. The lowest BCUT2D eigenvalue weighted by Crippen LogP contribution is -2.42. The van der Waals surface area contributed by atoms with Gasteiger partial charge in [0.2, 0.25) is 0 Å². The van der Waals surface area contributed by atoms with E-state index >= 15 is 0 Å². The summed E-state index contributed by atoms with van der Waals surface area (Å²) in [5, 5.41) is 3.97. The molecule has 0 aliphatic carbocycles. The molecule has 0 aliphatic rings. The van der Waals surface area contributed by atoms with Crippen molar-refractivity contribution in [3.63, 3.8) is 0 Å². The zero-order valence-electron chi connectivity index (χ0n) is 8.78. The van der Waals surface area contributed by atoms with Crippen LogP contribution in [0.15, 0.2) is 6.07 Å². The molecule has 88 valence electrons. The lowest BCUT2D eigenvalue weighted by Gasteiger charge is -2.06. The van der Waals surface area contributed by atoms with Crippen molar-refractivity contribution >= 4 is 23.6 Å². The van der Waals surface area contributed by atoms with Gasteiger partial charge in [0, 0.05) is 13.1 Å². The highest BCUT2D eigenvalue weighted by Gasteiger charge is 2.13. The van der Waals surface area contributed by atoms with E-state index in [1.165, 1.54) is 10.7 Å². The minimum atomic E-state index is -0.732. The van der Waals surface area contributed by atoms with Crippen LogP contribution in [0, 0.1) is 0 Å². The standard InChI is InChI=1S/C8H11ClN4O3/c1-3-16-8(15)11-10-7(14)5-4-6(9)12-13(5)2/h4H,3H2,1-2H3,(H,10,14)(H,11,15). The first kappa shape index (κ1) is 12.3. The minimum Gasteiger partial charge on any atom is -0.449 e. The van der Waals surface area contributed by atoms with E-state index in [9.17, 15) is 9.59 Å². The average Bonchev–Trinajstić information content (AvgIpc) is 2.55. The second-order valence-electron chi connectivity index (χ2n) is 2.78. The lowest BCUT2D eigenvalue weighted by molar-refractivity contribution is 0.0903. The van der Waals surface area contributed by atoms with Crippen molar-refractivity contribution in [1.82, 2.24) is 20.6 Å². The number of aryl methyl sites for hydroxylation is 1. The first-order valence-electron chi connectivity index (χ1n) is 4.47. The van der Waals surface area contributed by atoms with E-state index in [-0.39, 0.29) is 17.5 Å². The minimum absolute atomic E-state index is 0.198. The van der Waals surface area contributed by atoms with Gasteiger partial charge in [0.15, 0.2) is 5.15 Å². The van der Waals surface area contributed by atoms with Crippen LogP contribution in [0.3, 0.4) is 0 Å². The number of amides is 2. The number of hydrogen-bond acceptors (Lipinski definition) is 4. The average molecular weight is 247 g/mol. The number of hydrazine groups is 1. The largest absolute Gasteiger partial charge is 0.449 e. The molecule has 0 aliphatic heterocycles. The fourth-order valence-corrected chi connectivity index (χ4v) is 1.20. The maximum atomic E-state index is 11.5. The normalized spacial score (nSPS) is 9.69. The molecule has 0 aromatic carbocycles. The first-order chi connectivity index (χ1) is 7.54. The van der Waals surface area contributed by atoms with Gasteiger partial charge in [-0.2, -0.15) is 5.10 Å². The van der Waals surface area contributed by atoms with E-state index in [0.29, 0.717) is 0 Å². The van der Waals surface area contributed by atoms with Crippen LogP contribution in [-0.4, -0.2) is 28.4 Å². The number of carbonyl (C=O) groups excluding carboxylic acids is 2. The molecule has 8 heteroatoms. The Morgan fingerprint density at radius 1 is 1.56 bits per heavy atom. The summed E-state index contributed by atoms with van der Waals surface area (Å²) in [6.45, 7) is 1.88. The molecule has 7 nitrogen and oxygen atoms in total. The van der Waals surface area contributed by atoms with E-state index in [0.717, 1.165) is 0 Å². The maximum Gasteiger partial charge on any atom is 0.426 e. The molecule has 0 bridgehead atoms. The fraction of sp³-hybridized carbons (Fsp3) is 0.375. The van der Waals surface area contributed by atoms with E-state index in [1.54, 1.807) is 14.0 Å². The van der Waals surface area contributed by atoms with Crippen molar-refractivity contribution in [2.24, 2.45) is 7.05 Å². The molecule has 0 unspecified atom stereocenters. The highest BCUT2D eigenvalue weighted by molar-refractivity contribution is 6.29. The Balaban J connectivity index is 2.53. The van der Waals surface area contributed by atoms with Crippen LogP contribution < -0.4 is 10.9 Å². The molecule has 0 fully saturated rings. The zero-order chi connectivity index (χ0) is 12.1. The van der Waals surface area contributed by atoms with Crippen LogP contribution in [-0.2, 0) is 11.8 Å². The van der Waals surface area contributed by atoms with Gasteiger partial charge in [-0.3, -0.25) is 14.9 Å². The van der Waals surface area contributed by atoms with E-state index < -0.39 is 12.0 Å². The molecule has 1 heterocycles. The summed E-state index contributed by atoms with van der Waals surface area (Å²) in [4.78, 5) is 22.4. The van der Waals surface area contributed by atoms with E-state index in [2.05, 4.69) is 20.7 Å². The summed E-state index contributed by atoms with van der Waals surface area (Å²) in [6, 6.07) is 1.38. The molecule has 2 amide bonds. The van der Waals surface area contributed by atoms with E-state index in [1.807, 2.05) is 0 Å². The summed E-state index contributed by atoms with van der Waals surface area (Å²) < 4.78 is 5.85. The molecular weight excluding hydrogens is 236 g/mol. The summed E-state index contributed by atoms with van der Waals surface area (Å²) in [5.41, 5.74) is 4.45. The van der Waals surface area contributed by atoms with Crippen molar-refractivity contribution in [2.75, 3.05) is 6.61 Å². The van der Waals surface area contributed by atoms with Gasteiger partial charge in [-0.25, -0.2) is 10.2 Å². The number of aromatic nitrogens is 2. The summed E-state index contributed by atoms with van der Waals surface area (Å²) in [7, 11) is 1.56. The van der Waals surface area contributed by atoms with Gasteiger partial charge in [-0.05, 0) is 6.92 Å². The van der Waals surface area contributed by atoms with Crippen molar-refractivity contribution in [2.45, 2.75) is 6.92 Å². The van der Waals surface area contributed by atoms with Crippen LogP contribution in [0.25, 0.3) is 0 Å². The van der Waals surface area contributed by atoms with Gasteiger partial charge in [-0.15, -0.1) is 0 Å². The molecule has 0 saturated carbocycles. The zero-order valence-corrected chi connectivity index (χ0v) is 9.54. The highest BCUT2D eigenvalue weighted by Crippen LogP contribution is 2.07. The third-order valence-electron chi connectivity index (χ3n) is 1.64. The SMILES string of the molecule is CCOC(=O)NNC(=O)c1cc(Cl)nn1C. The molecule has 0 radical (unpaired) electrons. The Kier molecular flexibility index (Phi) is 4.12. The molecule has 0 spiro atoms. The van der Waals surface area contributed by atoms with Gasteiger partial charge in [0.25, 0.3) is 5.91 Å². The summed E-state index contributed by atoms with van der Waals surface area (Å²) in [6.07, 6.45) is -0.732. The Morgan fingerprint density at radius 3 is 2.75 bits per heavy atom. The van der Waals surface area contributed by atoms with Gasteiger partial charge in [-0.1, -0.05) is 11.6 Å². The third-order valence-corrected chi connectivity index (χ3v) is 1.82. The second-order valence-corrected chi connectivity index (χ2v) is 3.16. The van der Waals surface area contributed by atoms with Crippen molar-refractivity contribution in [3.05, 3.63) is 16.9 Å². The van der Waals surface area contributed by atoms with Crippen molar-refractivity contribution in [3.8, 4) is 0 Å². The molecule has 1 rings (SSSR count). The molecule has 1 aromatic heterocycles. The van der Waals surface area contributed by atoms with Gasteiger partial charge < -0.3 is 4.74 Å². The van der Waals surface area contributed by atoms with Gasteiger partial charge >= 0.3 is 6.09 Å². The van der Waals surface area contributed by atoms with Crippen LogP contribution >= 0.6 is 11.6 Å². The number of halogens is 1. The van der Waals surface area contributed by atoms with Gasteiger partial charge in [0.05, 0.1) is 6.61 Å². The molecule has 0 atom stereocenters. The van der Waals surface area contributed by atoms with Crippen LogP contribution in [0.2, 0.25) is 5.15 Å². The number of nitrogens with zero attached hydrogens (tertiary/aromatic N) is 2. The van der Waals surface area contributed by atoms with Crippen LogP contribution in [0.1, 0.15) is 17.4 Å². The highest BCUT2D eigenvalue weighted by atomic mass is 35.5. The Hall–Kier alpha value is -1.76. The number of nitrogens with one attached hydrogen (secondary N) is 2. The van der Waals surface area contributed by atoms with Crippen LogP contribution in [0.4, 0.5) is 4.79 Å². The molecular formula is C8H11ClN4O3. The van der Waals surface area contributed by atoms with Crippen molar-refractivity contribution < 1.29 is 14.3 Å². The number of hydrogen-bond donors (Lipinski definition) is 2. The predicted molar refractivity (Wildman–Crippen MR) is 55.8 cm³/mol. The quantitative estimate of drug-likeness (QED) is 0.743.